The molecule has 0 unspecified atom stereocenters. The number of rotatable bonds is 11. The Morgan fingerprint density at radius 3 is 2.54 bits per heavy atom. The molecule has 0 atom stereocenters. The Labute approximate surface area is 214 Å². The minimum absolute atomic E-state index is 0.0869. The van der Waals surface area contributed by atoms with Crippen LogP contribution in [-0.4, -0.2) is 18.7 Å². The third kappa shape index (κ3) is 7.84. The fourth-order valence-electron chi connectivity index (χ4n) is 3.29. The maximum atomic E-state index is 13.0. The van der Waals surface area contributed by atoms with E-state index in [2.05, 4.69) is 17.1 Å². The van der Waals surface area contributed by atoms with Crippen molar-refractivity contribution in [1.29, 1.82) is 0 Å². The second-order valence-corrected chi connectivity index (χ2v) is 8.40. The van der Waals surface area contributed by atoms with E-state index in [0.29, 0.717) is 45.7 Å². The van der Waals surface area contributed by atoms with Crippen LogP contribution in [0.1, 0.15) is 29.2 Å². The largest absolute Gasteiger partial charge is 0.490 e. The Balaban J connectivity index is 1.76. The lowest BCUT2D eigenvalue weighted by molar-refractivity contribution is -0.120. The first-order valence-electron chi connectivity index (χ1n) is 10.9. The van der Waals surface area contributed by atoms with Crippen LogP contribution in [-0.2, 0) is 24.2 Å². The van der Waals surface area contributed by atoms with Crippen molar-refractivity contribution in [3.8, 4) is 11.5 Å². The first kappa shape index (κ1) is 26.3. The van der Waals surface area contributed by atoms with Crippen LogP contribution in [0.3, 0.4) is 0 Å². The van der Waals surface area contributed by atoms with Crippen LogP contribution < -0.4 is 14.9 Å². The van der Waals surface area contributed by atoms with Crippen molar-refractivity contribution in [3.63, 3.8) is 0 Å². The number of hydrogen-bond donors (Lipinski definition) is 1. The van der Waals surface area contributed by atoms with E-state index in [1.165, 1.54) is 18.3 Å². The third-order valence-electron chi connectivity index (χ3n) is 4.89. The molecular weight excluding hydrogens is 490 g/mol. The Morgan fingerprint density at radius 2 is 1.86 bits per heavy atom. The average Bonchev–Trinajstić information content (AvgIpc) is 2.81. The summed E-state index contributed by atoms with van der Waals surface area (Å²) >= 11 is 12.3. The first-order valence-corrected chi connectivity index (χ1v) is 11.7. The van der Waals surface area contributed by atoms with Crippen molar-refractivity contribution in [1.82, 2.24) is 5.43 Å². The molecule has 0 aliphatic carbocycles. The quantitative estimate of drug-likeness (QED) is 0.179. The van der Waals surface area contributed by atoms with Gasteiger partial charge in [-0.3, -0.25) is 4.79 Å². The molecule has 182 valence electrons. The van der Waals surface area contributed by atoms with E-state index in [-0.39, 0.29) is 24.8 Å². The summed E-state index contributed by atoms with van der Waals surface area (Å²) in [6.45, 7) is 6.37. The van der Waals surface area contributed by atoms with Gasteiger partial charge in [-0.2, -0.15) is 5.10 Å². The van der Waals surface area contributed by atoms with Gasteiger partial charge in [-0.1, -0.05) is 47.5 Å². The van der Waals surface area contributed by atoms with Crippen LogP contribution in [0.25, 0.3) is 0 Å². The molecule has 3 aromatic rings. The van der Waals surface area contributed by atoms with Crippen molar-refractivity contribution < 1.29 is 18.7 Å². The summed E-state index contributed by atoms with van der Waals surface area (Å²) in [5, 5.41) is 5.12. The molecule has 0 saturated heterocycles. The van der Waals surface area contributed by atoms with Crippen molar-refractivity contribution in [2.75, 3.05) is 6.61 Å². The Morgan fingerprint density at radius 1 is 1.09 bits per heavy atom. The van der Waals surface area contributed by atoms with Crippen LogP contribution in [0.4, 0.5) is 4.39 Å². The van der Waals surface area contributed by atoms with Gasteiger partial charge < -0.3 is 9.47 Å². The number of nitrogens with zero attached hydrogens (tertiary/aromatic N) is 1. The van der Waals surface area contributed by atoms with E-state index in [9.17, 15) is 9.18 Å². The smallest absolute Gasteiger partial charge is 0.244 e. The summed E-state index contributed by atoms with van der Waals surface area (Å²) in [4.78, 5) is 12.2. The highest BCUT2D eigenvalue weighted by atomic mass is 35.5. The predicted molar refractivity (Wildman–Crippen MR) is 138 cm³/mol. The van der Waals surface area contributed by atoms with E-state index >= 15 is 0 Å². The number of ether oxygens (including phenoxy) is 2. The summed E-state index contributed by atoms with van der Waals surface area (Å²) in [5.41, 5.74) is 5.52. The number of amides is 1. The van der Waals surface area contributed by atoms with Gasteiger partial charge >= 0.3 is 0 Å². The molecule has 0 saturated carbocycles. The maximum absolute atomic E-state index is 13.0. The number of hydrazone groups is 1. The zero-order valence-corrected chi connectivity index (χ0v) is 20.7. The SMILES string of the molecule is C=CCc1cc(/C=N/NC(=O)Cc2ccc(F)cc2)cc(OCC)c1OCc1ccc(Cl)cc1Cl. The number of nitrogens with one attached hydrogen (secondary N) is 1. The Bertz CT molecular complexity index is 1210. The van der Waals surface area contributed by atoms with E-state index in [0.717, 1.165) is 11.1 Å². The van der Waals surface area contributed by atoms with E-state index in [1.807, 2.05) is 19.1 Å². The fourth-order valence-corrected chi connectivity index (χ4v) is 3.75. The molecule has 0 fully saturated rings. The lowest BCUT2D eigenvalue weighted by atomic mass is 10.1. The molecule has 0 aliphatic rings. The molecular formula is C27H25Cl2FN2O3. The summed E-state index contributed by atoms with van der Waals surface area (Å²) in [7, 11) is 0. The summed E-state index contributed by atoms with van der Waals surface area (Å²) in [6.07, 6.45) is 3.90. The van der Waals surface area contributed by atoms with Crippen molar-refractivity contribution >= 4 is 35.3 Å². The highest BCUT2D eigenvalue weighted by molar-refractivity contribution is 6.35. The van der Waals surface area contributed by atoms with Crippen molar-refractivity contribution in [2.45, 2.75) is 26.4 Å². The second kappa shape index (κ2) is 12.9. The molecule has 1 N–H and O–H groups in total. The molecule has 0 radical (unpaired) electrons. The number of halogens is 3. The molecule has 0 bridgehead atoms. The van der Waals surface area contributed by atoms with E-state index in [4.69, 9.17) is 32.7 Å². The highest BCUT2D eigenvalue weighted by Gasteiger charge is 2.14. The van der Waals surface area contributed by atoms with Gasteiger partial charge in [0, 0.05) is 21.2 Å². The van der Waals surface area contributed by atoms with Crippen molar-refractivity contribution in [2.24, 2.45) is 5.10 Å². The molecule has 5 nitrogen and oxygen atoms in total. The highest BCUT2D eigenvalue weighted by Crippen LogP contribution is 2.35. The monoisotopic (exact) mass is 514 g/mol. The minimum Gasteiger partial charge on any atom is -0.490 e. The second-order valence-electron chi connectivity index (χ2n) is 7.55. The Hall–Kier alpha value is -3.35. The normalized spacial score (nSPS) is 10.9. The van der Waals surface area contributed by atoms with Crippen LogP contribution >= 0.6 is 23.2 Å². The number of benzene rings is 3. The molecule has 0 spiro atoms. The summed E-state index contributed by atoms with van der Waals surface area (Å²) in [6, 6.07) is 14.6. The molecule has 3 aromatic carbocycles. The Kier molecular flexibility index (Phi) is 9.70. The lowest BCUT2D eigenvalue weighted by Gasteiger charge is -2.17. The van der Waals surface area contributed by atoms with Gasteiger partial charge in [-0.25, -0.2) is 9.82 Å². The topological polar surface area (TPSA) is 59.9 Å². The van der Waals surface area contributed by atoms with Crippen molar-refractivity contribution in [3.05, 3.63) is 105 Å². The predicted octanol–water partition coefficient (Wildman–Crippen LogP) is 6.53. The summed E-state index contributed by atoms with van der Waals surface area (Å²) < 4.78 is 25.0. The van der Waals surface area contributed by atoms with Gasteiger partial charge in [0.1, 0.15) is 12.4 Å². The van der Waals surface area contributed by atoms with Gasteiger partial charge in [0.15, 0.2) is 11.5 Å². The van der Waals surface area contributed by atoms with Crippen LogP contribution in [0.15, 0.2) is 72.4 Å². The van der Waals surface area contributed by atoms with Gasteiger partial charge in [-0.15, -0.1) is 6.58 Å². The molecule has 1 amide bonds. The van der Waals surface area contributed by atoms with E-state index in [1.54, 1.807) is 36.4 Å². The zero-order chi connectivity index (χ0) is 25.2. The lowest BCUT2D eigenvalue weighted by Crippen LogP contribution is -2.19. The van der Waals surface area contributed by atoms with Crippen LogP contribution in [0, 0.1) is 5.82 Å². The molecule has 0 aliphatic heterocycles. The third-order valence-corrected chi connectivity index (χ3v) is 5.47. The number of carbonyl (C=O) groups is 1. The number of allylic oxidation sites excluding steroid dienone is 1. The van der Waals surface area contributed by atoms with Gasteiger partial charge in [0.25, 0.3) is 0 Å². The van der Waals surface area contributed by atoms with Gasteiger partial charge in [-0.05, 0) is 60.9 Å². The zero-order valence-electron chi connectivity index (χ0n) is 19.2. The standard InChI is InChI=1S/C27H25Cl2FN2O3/c1-3-5-20-12-19(16-31-32-26(33)14-18-6-10-23(30)11-7-18)13-25(34-4-2)27(20)35-17-21-8-9-22(28)15-24(21)29/h3,6-13,15-16H,1,4-5,14,17H2,2H3,(H,32,33)/b31-16+. The van der Waals surface area contributed by atoms with Crippen LogP contribution in [0.5, 0.6) is 11.5 Å². The van der Waals surface area contributed by atoms with E-state index < -0.39 is 0 Å². The van der Waals surface area contributed by atoms with Crippen LogP contribution in [0.2, 0.25) is 10.0 Å². The van der Waals surface area contributed by atoms with Gasteiger partial charge in [0.2, 0.25) is 5.91 Å². The molecule has 0 heterocycles. The average molecular weight is 515 g/mol. The summed E-state index contributed by atoms with van der Waals surface area (Å²) in [5.74, 6) is 0.451. The molecule has 0 aromatic heterocycles. The number of hydrogen-bond acceptors (Lipinski definition) is 4. The molecule has 35 heavy (non-hydrogen) atoms. The van der Waals surface area contributed by atoms with Gasteiger partial charge in [0.05, 0.1) is 19.2 Å². The first-order chi connectivity index (χ1) is 16.9. The minimum atomic E-state index is -0.351. The number of carbonyl (C=O) groups excluding carboxylic acids is 1. The molecule has 8 heteroatoms. The maximum Gasteiger partial charge on any atom is 0.244 e. The molecule has 3 rings (SSSR count). The fraction of sp³-hybridized carbons (Fsp3) is 0.185.